The number of carbonyl (C=O) groups is 3. The summed E-state index contributed by atoms with van der Waals surface area (Å²) in [5.74, 6) is 0.171. The molecule has 6 heteroatoms. The molecule has 1 spiro atoms. The Kier molecular flexibility index (Phi) is 4.66. The van der Waals surface area contributed by atoms with E-state index in [0.29, 0.717) is 18.9 Å². The highest BCUT2D eigenvalue weighted by Crippen LogP contribution is 2.40. The molecule has 1 aliphatic heterocycles. The largest absolute Gasteiger partial charge is 0.341 e. The average Bonchev–Trinajstić information content (AvgIpc) is 3.45. The number of carbonyl (C=O) groups excluding carboxylic acids is 3. The van der Waals surface area contributed by atoms with Crippen LogP contribution in [0.15, 0.2) is 24.3 Å². The van der Waals surface area contributed by atoms with Crippen LogP contribution in [0.2, 0.25) is 0 Å². The first-order valence-electron chi connectivity index (χ1n) is 10.1. The van der Waals surface area contributed by atoms with Crippen molar-refractivity contribution in [3.05, 3.63) is 35.4 Å². The summed E-state index contributed by atoms with van der Waals surface area (Å²) < 4.78 is 0. The molecule has 1 aromatic carbocycles. The lowest BCUT2D eigenvalue weighted by molar-refractivity contribution is -0.139. The number of rotatable bonds is 6. The fraction of sp³-hybridized carbons (Fsp3) is 0.571. The molecule has 144 valence electrons. The summed E-state index contributed by atoms with van der Waals surface area (Å²) in [4.78, 5) is 41.7. The van der Waals surface area contributed by atoms with Gasteiger partial charge in [-0.15, -0.1) is 0 Å². The maximum Gasteiger partial charge on any atom is 0.325 e. The molecule has 1 saturated carbocycles. The molecule has 3 aliphatic rings. The Morgan fingerprint density at radius 2 is 2.07 bits per heavy atom. The van der Waals surface area contributed by atoms with Crippen molar-refractivity contribution in [3.8, 4) is 0 Å². The van der Waals surface area contributed by atoms with Crippen LogP contribution in [0.5, 0.6) is 0 Å². The number of hydrogen-bond acceptors (Lipinski definition) is 3. The van der Waals surface area contributed by atoms with Gasteiger partial charge in [-0.3, -0.25) is 14.5 Å². The zero-order valence-electron chi connectivity index (χ0n) is 15.9. The van der Waals surface area contributed by atoms with Crippen LogP contribution in [0.3, 0.4) is 0 Å². The number of nitrogens with one attached hydrogen (secondary N) is 1. The molecule has 0 radical (unpaired) electrons. The van der Waals surface area contributed by atoms with Crippen LogP contribution >= 0.6 is 0 Å². The van der Waals surface area contributed by atoms with Gasteiger partial charge in [-0.05, 0) is 55.6 Å². The second-order valence-electron chi connectivity index (χ2n) is 8.02. The third kappa shape index (κ3) is 3.22. The molecule has 4 amide bonds. The van der Waals surface area contributed by atoms with Gasteiger partial charge < -0.3 is 10.2 Å². The zero-order chi connectivity index (χ0) is 19.0. The minimum absolute atomic E-state index is 0.131. The standard InChI is InChI=1S/C21H27N3O3/c1-2-12-23(13-15-9-10-15)18(25)14-24-19(26)21(22-20(24)27)11-5-7-16-6-3-4-8-17(16)21/h3-4,6,8,15H,2,5,7,9-14H2,1H3,(H,22,27)/t21-/m1/s1. The lowest BCUT2D eigenvalue weighted by atomic mass is 9.76. The Labute approximate surface area is 159 Å². The predicted octanol–water partition coefficient (Wildman–Crippen LogP) is 2.42. The summed E-state index contributed by atoms with van der Waals surface area (Å²) in [5.41, 5.74) is 0.984. The first kappa shape index (κ1) is 18.0. The van der Waals surface area contributed by atoms with Crippen molar-refractivity contribution in [2.45, 2.75) is 51.0 Å². The maximum absolute atomic E-state index is 13.3. The van der Waals surface area contributed by atoms with Crippen LogP contribution in [0.1, 0.15) is 50.2 Å². The van der Waals surface area contributed by atoms with Gasteiger partial charge in [0, 0.05) is 13.1 Å². The van der Waals surface area contributed by atoms with Gasteiger partial charge in [0.05, 0.1) is 0 Å². The summed E-state index contributed by atoms with van der Waals surface area (Å²) >= 11 is 0. The Hall–Kier alpha value is -2.37. The summed E-state index contributed by atoms with van der Waals surface area (Å²) in [5, 5.41) is 2.92. The number of amides is 4. The van der Waals surface area contributed by atoms with Crippen LogP contribution in [0.4, 0.5) is 4.79 Å². The summed E-state index contributed by atoms with van der Waals surface area (Å²) in [6, 6.07) is 7.35. The fourth-order valence-corrected chi connectivity index (χ4v) is 4.39. The average molecular weight is 369 g/mol. The molecule has 1 heterocycles. The van der Waals surface area contributed by atoms with Crippen molar-refractivity contribution >= 4 is 17.8 Å². The topological polar surface area (TPSA) is 69.7 Å². The molecule has 0 unspecified atom stereocenters. The normalized spacial score (nSPS) is 24.1. The highest BCUT2D eigenvalue weighted by molar-refractivity contribution is 6.09. The van der Waals surface area contributed by atoms with Crippen molar-refractivity contribution in [1.82, 2.24) is 15.1 Å². The maximum atomic E-state index is 13.3. The van der Waals surface area contributed by atoms with Gasteiger partial charge in [0.15, 0.2) is 0 Å². The molecule has 2 aliphatic carbocycles. The first-order valence-corrected chi connectivity index (χ1v) is 10.1. The van der Waals surface area contributed by atoms with Crippen LogP contribution in [0.25, 0.3) is 0 Å². The molecule has 4 rings (SSSR count). The highest BCUT2D eigenvalue weighted by Gasteiger charge is 2.54. The van der Waals surface area contributed by atoms with Crippen molar-refractivity contribution in [1.29, 1.82) is 0 Å². The molecule has 1 N–H and O–H groups in total. The molecule has 1 aromatic rings. The Morgan fingerprint density at radius 1 is 1.30 bits per heavy atom. The van der Waals surface area contributed by atoms with Crippen LogP contribution in [-0.2, 0) is 21.5 Å². The van der Waals surface area contributed by atoms with Crippen molar-refractivity contribution in [2.24, 2.45) is 5.92 Å². The van der Waals surface area contributed by atoms with Gasteiger partial charge in [0.2, 0.25) is 5.91 Å². The van der Waals surface area contributed by atoms with E-state index in [1.165, 1.54) is 0 Å². The van der Waals surface area contributed by atoms with E-state index in [-0.39, 0.29) is 18.4 Å². The van der Waals surface area contributed by atoms with Crippen molar-refractivity contribution in [2.75, 3.05) is 19.6 Å². The van der Waals surface area contributed by atoms with Crippen LogP contribution in [-0.4, -0.2) is 47.3 Å². The van der Waals surface area contributed by atoms with Crippen LogP contribution in [0, 0.1) is 5.92 Å². The highest BCUT2D eigenvalue weighted by atomic mass is 16.2. The molecule has 0 aromatic heterocycles. The van der Waals surface area contributed by atoms with E-state index in [4.69, 9.17) is 0 Å². The van der Waals surface area contributed by atoms with Gasteiger partial charge >= 0.3 is 6.03 Å². The first-order chi connectivity index (χ1) is 13.0. The molecule has 1 atom stereocenters. The third-order valence-electron chi connectivity index (χ3n) is 5.97. The Bertz CT molecular complexity index is 774. The minimum atomic E-state index is -1.00. The number of urea groups is 1. The summed E-state index contributed by atoms with van der Waals surface area (Å²) in [6.07, 6.45) is 5.53. The summed E-state index contributed by atoms with van der Waals surface area (Å²) in [7, 11) is 0. The van der Waals surface area contributed by atoms with E-state index in [0.717, 1.165) is 54.7 Å². The van der Waals surface area contributed by atoms with E-state index in [1.54, 1.807) is 0 Å². The van der Waals surface area contributed by atoms with Crippen LogP contribution < -0.4 is 5.32 Å². The minimum Gasteiger partial charge on any atom is -0.341 e. The van der Waals surface area contributed by atoms with Crippen molar-refractivity contribution in [3.63, 3.8) is 0 Å². The molecule has 2 fully saturated rings. The van der Waals surface area contributed by atoms with Gasteiger partial charge in [0.1, 0.15) is 12.1 Å². The second-order valence-corrected chi connectivity index (χ2v) is 8.02. The lowest BCUT2D eigenvalue weighted by Crippen LogP contribution is -2.47. The lowest BCUT2D eigenvalue weighted by Gasteiger charge is -2.33. The molecule has 1 saturated heterocycles. The van der Waals surface area contributed by atoms with Gasteiger partial charge in [-0.25, -0.2) is 4.79 Å². The molecular formula is C21H27N3O3. The Morgan fingerprint density at radius 3 is 2.81 bits per heavy atom. The van der Waals surface area contributed by atoms with E-state index in [2.05, 4.69) is 5.32 Å². The summed E-state index contributed by atoms with van der Waals surface area (Å²) in [6.45, 7) is 3.29. The van der Waals surface area contributed by atoms with Gasteiger partial charge in [-0.1, -0.05) is 31.2 Å². The number of aryl methyl sites for hydroxylation is 1. The fourth-order valence-electron chi connectivity index (χ4n) is 4.39. The monoisotopic (exact) mass is 369 g/mol. The third-order valence-corrected chi connectivity index (χ3v) is 5.97. The number of benzene rings is 1. The van der Waals surface area contributed by atoms with E-state index < -0.39 is 11.6 Å². The molecular weight excluding hydrogens is 342 g/mol. The second kappa shape index (κ2) is 6.98. The molecule has 6 nitrogen and oxygen atoms in total. The molecule has 0 bridgehead atoms. The number of imide groups is 1. The van der Waals surface area contributed by atoms with Gasteiger partial charge in [0.25, 0.3) is 5.91 Å². The quantitative estimate of drug-likeness (QED) is 0.783. The van der Waals surface area contributed by atoms with E-state index in [1.807, 2.05) is 36.1 Å². The number of nitrogens with zero attached hydrogens (tertiary/aromatic N) is 2. The molecule has 27 heavy (non-hydrogen) atoms. The number of fused-ring (bicyclic) bond motifs is 2. The number of hydrogen-bond donors (Lipinski definition) is 1. The Balaban J connectivity index is 1.54. The van der Waals surface area contributed by atoms with E-state index in [9.17, 15) is 14.4 Å². The SMILES string of the molecule is CCCN(CC1CC1)C(=O)CN1C(=O)N[C@@]2(CCCc3ccccc32)C1=O. The van der Waals surface area contributed by atoms with Crippen molar-refractivity contribution < 1.29 is 14.4 Å². The van der Waals surface area contributed by atoms with Gasteiger partial charge in [-0.2, -0.15) is 0 Å². The predicted molar refractivity (Wildman–Crippen MR) is 101 cm³/mol. The smallest absolute Gasteiger partial charge is 0.325 e. The van der Waals surface area contributed by atoms with E-state index >= 15 is 0 Å². The zero-order valence-corrected chi connectivity index (χ0v) is 15.9.